The molecule has 0 saturated heterocycles. The van der Waals surface area contributed by atoms with Crippen molar-refractivity contribution in [1.82, 2.24) is 4.98 Å². The summed E-state index contributed by atoms with van der Waals surface area (Å²) in [6.07, 6.45) is 0. The Bertz CT molecular complexity index is 497. The summed E-state index contributed by atoms with van der Waals surface area (Å²) in [6.45, 7) is 1.98. The first kappa shape index (κ1) is 11.1. The maximum absolute atomic E-state index is 5.23. The first-order valence-electron chi connectivity index (χ1n) is 4.99. The fourth-order valence-electron chi connectivity index (χ4n) is 1.57. The highest BCUT2D eigenvalue weighted by Crippen LogP contribution is 2.30. The highest BCUT2D eigenvalue weighted by Gasteiger charge is 2.09. The molecule has 0 aliphatic rings. The van der Waals surface area contributed by atoms with E-state index in [1.54, 1.807) is 7.11 Å². The van der Waals surface area contributed by atoms with Gasteiger partial charge in [0.2, 0.25) is 5.88 Å². The summed E-state index contributed by atoms with van der Waals surface area (Å²) < 4.78 is 6.21. The Balaban J connectivity index is 2.57. The van der Waals surface area contributed by atoms with E-state index in [0.29, 0.717) is 5.88 Å². The molecule has 16 heavy (non-hydrogen) atoms. The second-order valence-corrected chi connectivity index (χ2v) is 4.37. The van der Waals surface area contributed by atoms with E-state index in [9.17, 15) is 0 Å². The average molecular weight is 278 g/mol. The molecule has 2 aromatic rings. The number of rotatable bonds is 2. The molecule has 0 fully saturated rings. The van der Waals surface area contributed by atoms with Crippen LogP contribution in [0.25, 0.3) is 11.3 Å². The van der Waals surface area contributed by atoms with E-state index in [4.69, 9.17) is 4.74 Å². The van der Waals surface area contributed by atoms with Crippen molar-refractivity contribution >= 4 is 15.9 Å². The molecule has 3 heteroatoms. The summed E-state index contributed by atoms with van der Waals surface area (Å²) >= 11 is 3.53. The summed E-state index contributed by atoms with van der Waals surface area (Å²) in [5.74, 6) is 0.669. The Kier molecular flexibility index (Phi) is 3.25. The number of halogens is 1. The number of nitrogens with zero attached hydrogens (tertiary/aromatic N) is 1. The lowest BCUT2D eigenvalue weighted by atomic mass is 10.1. The van der Waals surface area contributed by atoms with Crippen molar-refractivity contribution in [2.24, 2.45) is 0 Å². The van der Waals surface area contributed by atoms with Gasteiger partial charge in [-0.05, 0) is 28.9 Å². The topological polar surface area (TPSA) is 22.1 Å². The van der Waals surface area contributed by atoms with Crippen molar-refractivity contribution in [2.75, 3.05) is 7.11 Å². The van der Waals surface area contributed by atoms with Crippen molar-refractivity contribution in [2.45, 2.75) is 6.92 Å². The molecule has 2 nitrogen and oxygen atoms in total. The van der Waals surface area contributed by atoms with E-state index in [-0.39, 0.29) is 0 Å². The maximum Gasteiger partial charge on any atom is 0.216 e. The minimum absolute atomic E-state index is 0.669. The Morgan fingerprint density at radius 3 is 2.50 bits per heavy atom. The van der Waals surface area contributed by atoms with Crippen LogP contribution in [0.1, 0.15) is 5.56 Å². The molecule has 0 radical (unpaired) electrons. The van der Waals surface area contributed by atoms with Gasteiger partial charge in [0.25, 0.3) is 0 Å². The van der Waals surface area contributed by atoms with Gasteiger partial charge in [-0.25, -0.2) is 4.98 Å². The molecule has 0 bridgehead atoms. The highest BCUT2D eigenvalue weighted by molar-refractivity contribution is 9.10. The zero-order valence-corrected chi connectivity index (χ0v) is 10.8. The molecule has 0 saturated carbocycles. The normalized spacial score (nSPS) is 10.2. The lowest BCUT2D eigenvalue weighted by Crippen LogP contribution is -1.94. The van der Waals surface area contributed by atoms with Gasteiger partial charge in [0, 0.05) is 15.6 Å². The Morgan fingerprint density at radius 1 is 1.19 bits per heavy atom. The van der Waals surface area contributed by atoms with Gasteiger partial charge in [0.05, 0.1) is 12.8 Å². The summed E-state index contributed by atoms with van der Waals surface area (Å²) in [7, 11) is 1.64. The number of ether oxygens (including phenoxy) is 1. The third-order valence-corrected chi connectivity index (χ3v) is 2.97. The molecule has 0 aliphatic heterocycles. The molecule has 0 atom stereocenters. The van der Waals surface area contributed by atoms with Crippen LogP contribution in [0, 0.1) is 6.92 Å². The van der Waals surface area contributed by atoms with Gasteiger partial charge in [-0.15, -0.1) is 0 Å². The van der Waals surface area contributed by atoms with Crippen molar-refractivity contribution in [3.63, 3.8) is 0 Å². The number of hydrogen-bond donors (Lipinski definition) is 0. The first-order valence-corrected chi connectivity index (χ1v) is 5.78. The van der Waals surface area contributed by atoms with Gasteiger partial charge in [0.1, 0.15) is 0 Å². The van der Waals surface area contributed by atoms with Crippen molar-refractivity contribution in [1.29, 1.82) is 0 Å². The third-order valence-electron chi connectivity index (χ3n) is 2.36. The maximum atomic E-state index is 5.23. The van der Waals surface area contributed by atoms with Crippen molar-refractivity contribution in [3.8, 4) is 17.1 Å². The van der Waals surface area contributed by atoms with Gasteiger partial charge >= 0.3 is 0 Å². The molecule has 1 aromatic carbocycles. The predicted molar refractivity (Wildman–Crippen MR) is 68.7 cm³/mol. The van der Waals surface area contributed by atoms with Crippen LogP contribution < -0.4 is 4.74 Å². The van der Waals surface area contributed by atoms with Crippen LogP contribution in [-0.4, -0.2) is 12.1 Å². The summed E-state index contributed by atoms with van der Waals surface area (Å²) in [4.78, 5) is 4.49. The molecule has 0 amide bonds. The number of aromatic nitrogens is 1. The molecular weight excluding hydrogens is 266 g/mol. The number of methoxy groups -OCH3 is 1. The summed E-state index contributed by atoms with van der Waals surface area (Å²) in [6, 6.07) is 12.1. The lowest BCUT2D eigenvalue weighted by molar-refractivity contribution is 0.395. The fourth-order valence-corrected chi connectivity index (χ4v) is 2.23. The molecule has 1 aromatic heterocycles. The van der Waals surface area contributed by atoms with Crippen molar-refractivity contribution < 1.29 is 4.74 Å². The molecule has 0 spiro atoms. The molecular formula is C13H12BrNO. The molecule has 1 heterocycles. The van der Waals surface area contributed by atoms with Gasteiger partial charge in [-0.1, -0.05) is 30.3 Å². The number of benzene rings is 1. The number of hydrogen-bond acceptors (Lipinski definition) is 2. The zero-order valence-electron chi connectivity index (χ0n) is 9.20. The van der Waals surface area contributed by atoms with Crippen LogP contribution in [0.3, 0.4) is 0 Å². The van der Waals surface area contributed by atoms with Gasteiger partial charge < -0.3 is 4.74 Å². The molecule has 82 valence electrons. The van der Waals surface area contributed by atoms with Gasteiger partial charge in [0.15, 0.2) is 0 Å². The van der Waals surface area contributed by atoms with E-state index < -0.39 is 0 Å². The SMILES string of the molecule is COc1nc(-c2ccccc2)c(Br)cc1C. The Morgan fingerprint density at radius 2 is 1.88 bits per heavy atom. The predicted octanol–water partition coefficient (Wildman–Crippen LogP) is 3.83. The van der Waals surface area contributed by atoms with Crippen LogP contribution in [0.15, 0.2) is 40.9 Å². The van der Waals surface area contributed by atoms with E-state index in [2.05, 4.69) is 20.9 Å². The first-order chi connectivity index (χ1) is 7.72. The second kappa shape index (κ2) is 4.66. The fraction of sp³-hybridized carbons (Fsp3) is 0.154. The summed E-state index contributed by atoms with van der Waals surface area (Å²) in [5, 5.41) is 0. The van der Waals surface area contributed by atoms with Gasteiger partial charge in [-0.3, -0.25) is 0 Å². The number of aryl methyl sites for hydroxylation is 1. The smallest absolute Gasteiger partial charge is 0.216 e. The van der Waals surface area contributed by atoms with Crippen LogP contribution in [0.5, 0.6) is 5.88 Å². The van der Waals surface area contributed by atoms with Crippen LogP contribution in [0.2, 0.25) is 0 Å². The molecule has 0 unspecified atom stereocenters. The largest absolute Gasteiger partial charge is 0.481 e. The monoisotopic (exact) mass is 277 g/mol. The molecule has 0 N–H and O–H groups in total. The number of pyridine rings is 1. The van der Waals surface area contributed by atoms with E-state index in [1.807, 2.05) is 43.3 Å². The Hall–Kier alpha value is -1.35. The third kappa shape index (κ3) is 2.09. The van der Waals surface area contributed by atoms with E-state index in [0.717, 1.165) is 21.3 Å². The van der Waals surface area contributed by atoms with E-state index >= 15 is 0 Å². The highest BCUT2D eigenvalue weighted by atomic mass is 79.9. The molecule has 2 rings (SSSR count). The lowest BCUT2D eigenvalue weighted by Gasteiger charge is -2.09. The molecule has 0 aliphatic carbocycles. The second-order valence-electron chi connectivity index (χ2n) is 3.51. The average Bonchev–Trinajstić information content (AvgIpc) is 2.30. The Labute approximate surface area is 103 Å². The van der Waals surface area contributed by atoms with Crippen LogP contribution >= 0.6 is 15.9 Å². The zero-order chi connectivity index (χ0) is 11.5. The van der Waals surface area contributed by atoms with Crippen molar-refractivity contribution in [3.05, 3.63) is 46.4 Å². The van der Waals surface area contributed by atoms with Crippen LogP contribution in [-0.2, 0) is 0 Å². The van der Waals surface area contributed by atoms with Crippen LogP contribution in [0.4, 0.5) is 0 Å². The summed E-state index contributed by atoms with van der Waals surface area (Å²) in [5.41, 5.74) is 3.00. The quantitative estimate of drug-likeness (QED) is 0.833. The minimum Gasteiger partial charge on any atom is -0.481 e. The minimum atomic E-state index is 0.669. The van der Waals surface area contributed by atoms with Gasteiger partial charge in [-0.2, -0.15) is 0 Å². The van der Waals surface area contributed by atoms with E-state index in [1.165, 1.54) is 0 Å². The standard InChI is InChI=1S/C13H12BrNO/c1-9-8-11(14)12(15-13(9)16-2)10-6-4-3-5-7-10/h3-8H,1-2H3.